The topological polar surface area (TPSA) is 72.6 Å². The number of benzene rings is 1. The van der Waals surface area contributed by atoms with Gasteiger partial charge in [0.15, 0.2) is 6.10 Å². The first kappa shape index (κ1) is 14.4. The number of nitrogens with zero attached hydrogens (tertiary/aromatic N) is 1. The number of ether oxygens (including phenoxy) is 1. The molecule has 108 valence electrons. The molecule has 1 aliphatic rings. The Balaban J connectivity index is 1.99. The Morgan fingerprint density at radius 1 is 1.30 bits per heavy atom. The lowest BCUT2D eigenvalue weighted by Crippen LogP contribution is -2.38. The number of rotatable bonds is 3. The normalized spacial score (nSPS) is 16.0. The van der Waals surface area contributed by atoms with E-state index in [0.29, 0.717) is 11.3 Å². The van der Waals surface area contributed by atoms with E-state index in [1.54, 1.807) is 30.0 Å². The van der Waals surface area contributed by atoms with Gasteiger partial charge < -0.3 is 15.4 Å². The van der Waals surface area contributed by atoms with Crippen molar-refractivity contribution >= 4 is 17.6 Å². The number of likely N-dealkylation sites (tertiary alicyclic amines) is 1. The van der Waals surface area contributed by atoms with Crippen LogP contribution in [0, 0.1) is 6.92 Å². The van der Waals surface area contributed by atoms with Crippen LogP contribution in [0.2, 0.25) is 0 Å². The molecule has 1 fully saturated rings. The van der Waals surface area contributed by atoms with Crippen LogP contribution >= 0.6 is 0 Å². The summed E-state index contributed by atoms with van der Waals surface area (Å²) in [6.45, 7) is 4.97. The molecule has 0 spiro atoms. The maximum atomic E-state index is 12.1. The monoisotopic (exact) mass is 276 g/mol. The van der Waals surface area contributed by atoms with Gasteiger partial charge >= 0.3 is 5.97 Å². The second kappa shape index (κ2) is 5.94. The number of aryl methyl sites for hydroxylation is 1. The Morgan fingerprint density at radius 3 is 2.55 bits per heavy atom. The minimum Gasteiger partial charge on any atom is -0.449 e. The largest absolute Gasteiger partial charge is 0.449 e. The van der Waals surface area contributed by atoms with Crippen molar-refractivity contribution in [2.75, 3.05) is 18.8 Å². The summed E-state index contributed by atoms with van der Waals surface area (Å²) in [5, 5.41) is 0. The van der Waals surface area contributed by atoms with Crippen LogP contribution in [-0.2, 0) is 9.53 Å². The van der Waals surface area contributed by atoms with Crippen molar-refractivity contribution in [3.05, 3.63) is 29.3 Å². The minimum atomic E-state index is -0.761. The summed E-state index contributed by atoms with van der Waals surface area (Å²) < 4.78 is 5.22. The highest BCUT2D eigenvalue weighted by Crippen LogP contribution is 2.15. The Labute approximate surface area is 118 Å². The van der Waals surface area contributed by atoms with Gasteiger partial charge in [0, 0.05) is 18.8 Å². The van der Waals surface area contributed by atoms with Crippen LogP contribution in [0.5, 0.6) is 0 Å². The summed E-state index contributed by atoms with van der Waals surface area (Å²) >= 11 is 0. The van der Waals surface area contributed by atoms with Crippen molar-refractivity contribution in [1.29, 1.82) is 0 Å². The van der Waals surface area contributed by atoms with Crippen molar-refractivity contribution in [2.24, 2.45) is 0 Å². The molecule has 20 heavy (non-hydrogen) atoms. The molecule has 1 aromatic rings. The molecule has 1 aliphatic heterocycles. The van der Waals surface area contributed by atoms with Crippen molar-refractivity contribution < 1.29 is 14.3 Å². The third kappa shape index (κ3) is 3.10. The Kier molecular flexibility index (Phi) is 4.27. The van der Waals surface area contributed by atoms with Crippen molar-refractivity contribution in [3.63, 3.8) is 0 Å². The smallest absolute Gasteiger partial charge is 0.338 e. The second-order valence-electron chi connectivity index (χ2n) is 5.15. The standard InChI is InChI=1S/C15H20N2O3/c1-10-5-6-12(9-13(10)16)15(19)20-11(2)14(18)17-7-3-4-8-17/h5-6,9,11H,3-4,7-8,16H2,1-2H3. The summed E-state index contributed by atoms with van der Waals surface area (Å²) in [4.78, 5) is 25.8. The van der Waals surface area contributed by atoms with Crippen LogP contribution in [0.3, 0.4) is 0 Å². The summed E-state index contributed by atoms with van der Waals surface area (Å²) in [5.74, 6) is -0.646. The fourth-order valence-corrected chi connectivity index (χ4v) is 2.24. The lowest BCUT2D eigenvalue weighted by atomic mass is 10.1. The number of hydrogen-bond donors (Lipinski definition) is 1. The lowest BCUT2D eigenvalue weighted by molar-refractivity contribution is -0.138. The van der Waals surface area contributed by atoms with E-state index < -0.39 is 12.1 Å². The number of amides is 1. The maximum absolute atomic E-state index is 12.1. The fraction of sp³-hybridized carbons (Fsp3) is 0.467. The average Bonchev–Trinajstić information content (AvgIpc) is 2.94. The van der Waals surface area contributed by atoms with Crippen LogP contribution < -0.4 is 5.73 Å². The van der Waals surface area contributed by atoms with Crippen LogP contribution in [0.1, 0.15) is 35.7 Å². The SMILES string of the molecule is Cc1ccc(C(=O)OC(C)C(=O)N2CCCC2)cc1N. The van der Waals surface area contributed by atoms with E-state index in [9.17, 15) is 9.59 Å². The minimum absolute atomic E-state index is 0.129. The van der Waals surface area contributed by atoms with Gasteiger partial charge in [-0.25, -0.2) is 4.79 Å². The Morgan fingerprint density at radius 2 is 1.95 bits per heavy atom. The van der Waals surface area contributed by atoms with E-state index in [1.165, 1.54) is 0 Å². The van der Waals surface area contributed by atoms with Gasteiger partial charge in [0.25, 0.3) is 5.91 Å². The van der Waals surface area contributed by atoms with E-state index in [4.69, 9.17) is 10.5 Å². The molecule has 0 aliphatic carbocycles. The van der Waals surface area contributed by atoms with Gasteiger partial charge in [0.1, 0.15) is 0 Å². The number of hydrogen-bond acceptors (Lipinski definition) is 4. The van der Waals surface area contributed by atoms with E-state index in [1.807, 2.05) is 6.92 Å². The molecule has 2 rings (SSSR count). The lowest BCUT2D eigenvalue weighted by Gasteiger charge is -2.20. The highest BCUT2D eigenvalue weighted by Gasteiger charge is 2.26. The zero-order chi connectivity index (χ0) is 14.7. The summed E-state index contributed by atoms with van der Waals surface area (Å²) in [5.41, 5.74) is 7.58. The van der Waals surface area contributed by atoms with Gasteiger partial charge in [-0.1, -0.05) is 6.07 Å². The molecule has 2 N–H and O–H groups in total. The molecule has 1 unspecified atom stereocenters. The molecule has 0 bridgehead atoms. The highest BCUT2D eigenvalue weighted by atomic mass is 16.5. The van der Waals surface area contributed by atoms with Crippen LogP contribution in [0.25, 0.3) is 0 Å². The van der Waals surface area contributed by atoms with Gasteiger partial charge in [-0.05, 0) is 44.4 Å². The first-order valence-corrected chi connectivity index (χ1v) is 6.85. The van der Waals surface area contributed by atoms with Crippen molar-refractivity contribution in [2.45, 2.75) is 32.8 Å². The number of nitrogen functional groups attached to an aromatic ring is 1. The molecule has 0 saturated carbocycles. The number of carbonyl (C=O) groups excluding carboxylic acids is 2. The molecule has 1 heterocycles. The van der Waals surface area contributed by atoms with Gasteiger partial charge in [0.2, 0.25) is 0 Å². The van der Waals surface area contributed by atoms with E-state index in [-0.39, 0.29) is 5.91 Å². The molecule has 1 atom stereocenters. The van der Waals surface area contributed by atoms with Gasteiger partial charge in [0.05, 0.1) is 5.56 Å². The Bertz CT molecular complexity index is 522. The predicted octanol–water partition coefficient (Wildman–Crippen LogP) is 1.74. The highest BCUT2D eigenvalue weighted by molar-refractivity contribution is 5.93. The zero-order valence-corrected chi connectivity index (χ0v) is 11.9. The molecule has 0 radical (unpaired) electrons. The number of esters is 1. The maximum Gasteiger partial charge on any atom is 0.338 e. The summed E-state index contributed by atoms with van der Waals surface area (Å²) in [6, 6.07) is 4.99. The van der Waals surface area contributed by atoms with Gasteiger partial charge in [-0.3, -0.25) is 4.79 Å². The number of anilines is 1. The predicted molar refractivity (Wildman–Crippen MR) is 76.3 cm³/mol. The third-order valence-electron chi connectivity index (χ3n) is 3.56. The quantitative estimate of drug-likeness (QED) is 0.674. The Hall–Kier alpha value is -2.04. The molecular formula is C15H20N2O3. The van der Waals surface area contributed by atoms with E-state index in [0.717, 1.165) is 31.5 Å². The molecule has 0 aromatic heterocycles. The zero-order valence-electron chi connectivity index (χ0n) is 11.9. The van der Waals surface area contributed by atoms with E-state index in [2.05, 4.69) is 0 Å². The van der Waals surface area contributed by atoms with Gasteiger partial charge in [-0.2, -0.15) is 0 Å². The summed E-state index contributed by atoms with van der Waals surface area (Å²) in [7, 11) is 0. The molecular weight excluding hydrogens is 256 g/mol. The second-order valence-corrected chi connectivity index (χ2v) is 5.15. The van der Waals surface area contributed by atoms with Crippen LogP contribution in [0.4, 0.5) is 5.69 Å². The summed E-state index contributed by atoms with van der Waals surface area (Å²) in [6.07, 6.45) is 1.27. The first-order chi connectivity index (χ1) is 9.49. The number of nitrogens with two attached hydrogens (primary N) is 1. The van der Waals surface area contributed by atoms with Crippen LogP contribution in [0.15, 0.2) is 18.2 Å². The molecule has 1 aromatic carbocycles. The number of carbonyl (C=O) groups is 2. The van der Waals surface area contributed by atoms with Crippen molar-refractivity contribution in [1.82, 2.24) is 4.90 Å². The average molecular weight is 276 g/mol. The van der Waals surface area contributed by atoms with Crippen molar-refractivity contribution in [3.8, 4) is 0 Å². The molecule has 1 amide bonds. The molecule has 5 nitrogen and oxygen atoms in total. The van der Waals surface area contributed by atoms with Gasteiger partial charge in [-0.15, -0.1) is 0 Å². The molecule has 5 heteroatoms. The van der Waals surface area contributed by atoms with E-state index >= 15 is 0 Å². The van der Waals surface area contributed by atoms with Crippen LogP contribution in [-0.4, -0.2) is 36.0 Å². The first-order valence-electron chi connectivity index (χ1n) is 6.85. The fourth-order valence-electron chi connectivity index (χ4n) is 2.24. The molecule has 1 saturated heterocycles. The third-order valence-corrected chi connectivity index (χ3v) is 3.56.